The van der Waals surface area contributed by atoms with Crippen LogP contribution in [-0.2, 0) is 9.53 Å². The zero-order valence-electron chi connectivity index (χ0n) is 19.3. The zero-order chi connectivity index (χ0) is 23.9. The van der Waals surface area contributed by atoms with Gasteiger partial charge >= 0.3 is 6.03 Å². The molecule has 0 radical (unpaired) electrons. The Bertz CT molecular complexity index is 1180. The molecular formula is C25H27N5O4S. The molecule has 2 aromatic rings. The van der Waals surface area contributed by atoms with Gasteiger partial charge in [-0.1, -0.05) is 30.0 Å². The van der Waals surface area contributed by atoms with Crippen molar-refractivity contribution < 1.29 is 19.1 Å². The molecule has 4 atom stereocenters. The number of hydrogen-bond donors (Lipinski definition) is 3. The first-order chi connectivity index (χ1) is 17.1. The van der Waals surface area contributed by atoms with Crippen molar-refractivity contribution >= 4 is 29.4 Å². The second-order valence-corrected chi connectivity index (χ2v) is 10.3. The summed E-state index contributed by atoms with van der Waals surface area (Å²) >= 11 is 1.51. The summed E-state index contributed by atoms with van der Waals surface area (Å²) in [5.74, 6) is 1.04. The maximum absolute atomic E-state index is 13.4. The van der Waals surface area contributed by atoms with E-state index >= 15 is 0 Å². The normalized spacial score (nSPS) is 27.5. The van der Waals surface area contributed by atoms with Crippen LogP contribution >= 0.6 is 11.8 Å². The van der Waals surface area contributed by atoms with Crippen LogP contribution < -0.4 is 25.6 Å². The van der Waals surface area contributed by atoms with Crippen molar-refractivity contribution in [2.24, 2.45) is 5.92 Å². The standard InChI is InChI=1S/C25H27N5O4S/c1-14-17(7-8-19(27-14)34-16-5-3-2-4-6-16)30-18-9-11-26-24-20(18)21(29-25(30)32)22(35-24)23(31)28-15-10-12-33-13-15/h2-8,15,18,20,24,26H,9-13H2,1H3,(H,28,31)(H,29,32)/t15-,18?,20?,24?/m1/s1. The van der Waals surface area contributed by atoms with Gasteiger partial charge in [-0.15, -0.1) is 0 Å². The number of amides is 3. The van der Waals surface area contributed by atoms with Gasteiger partial charge in [-0.25, -0.2) is 9.78 Å². The maximum atomic E-state index is 13.4. The summed E-state index contributed by atoms with van der Waals surface area (Å²) in [6.45, 7) is 3.84. The van der Waals surface area contributed by atoms with Gasteiger partial charge in [0.05, 0.1) is 40.4 Å². The maximum Gasteiger partial charge on any atom is 0.326 e. The number of rotatable bonds is 5. The molecule has 4 aliphatic heterocycles. The van der Waals surface area contributed by atoms with Crippen LogP contribution in [0.25, 0.3) is 0 Å². The Morgan fingerprint density at radius 1 is 1.23 bits per heavy atom. The van der Waals surface area contributed by atoms with Gasteiger partial charge in [0.2, 0.25) is 5.88 Å². The summed E-state index contributed by atoms with van der Waals surface area (Å²) in [7, 11) is 0. The van der Waals surface area contributed by atoms with E-state index in [4.69, 9.17) is 9.47 Å². The van der Waals surface area contributed by atoms with Crippen LogP contribution in [-0.4, -0.2) is 54.1 Å². The number of para-hydroxylation sites is 1. The molecule has 5 heterocycles. The molecule has 0 saturated carbocycles. The van der Waals surface area contributed by atoms with Crippen LogP contribution in [0, 0.1) is 12.8 Å². The summed E-state index contributed by atoms with van der Waals surface area (Å²) < 4.78 is 11.3. The number of aromatic nitrogens is 1. The molecule has 0 bridgehead atoms. The summed E-state index contributed by atoms with van der Waals surface area (Å²) in [6, 6.07) is 12.9. The van der Waals surface area contributed by atoms with Crippen molar-refractivity contribution in [3.05, 3.63) is 58.8 Å². The van der Waals surface area contributed by atoms with Crippen molar-refractivity contribution in [2.75, 3.05) is 24.7 Å². The summed E-state index contributed by atoms with van der Waals surface area (Å²) in [5.41, 5.74) is 2.18. The SMILES string of the molecule is Cc1nc(Oc2ccccc2)ccc1N1C(=O)NC2=C(C(=O)N[C@@H]3CCOC3)SC3NCCC1C23. The number of carbonyl (C=O) groups excluding carboxylic acids is 2. The fourth-order valence-electron chi connectivity index (χ4n) is 5.25. The van der Waals surface area contributed by atoms with Gasteiger partial charge in [0, 0.05) is 24.3 Å². The van der Waals surface area contributed by atoms with Crippen molar-refractivity contribution in [3.8, 4) is 11.6 Å². The van der Waals surface area contributed by atoms with Crippen LogP contribution in [0.2, 0.25) is 0 Å². The third kappa shape index (κ3) is 4.15. The number of aryl methyl sites for hydroxylation is 1. The average molecular weight is 494 g/mol. The van der Waals surface area contributed by atoms with Gasteiger partial charge in [-0.05, 0) is 44.5 Å². The molecule has 4 aliphatic rings. The number of nitrogens with one attached hydrogen (secondary N) is 3. The quantitative estimate of drug-likeness (QED) is 0.588. The third-order valence-corrected chi connectivity index (χ3v) is 8.22. The Morgan fingerprint density at radius 2 is 2.09 bits per heavy atom. The third-order valence-electron chi connectivity index (χ3n) is 6.87. The van der Waals surface area contributed by atoms with Crippen molar-refractivity contribution in [1.82, 2.24) is 20.9 Å². The molecule has 3 saturated heterocycles. The number of pyridine rings is 1. The Balaban J connectivity index is 1.27. The molecule has 9 nitrogen and oxygen atoms in total. The number of hydrogen-bond acceptors (Lipinski definition) is 7. The number of thioether (sulfide) groups is 1. The lowest BCUT2D eigenvalue weighted by atomic mass is 9.86. The van der Waals surface area contributed by atoms with Gasteiger partial charge in [0.25, 0.3) is 5.91 Å². The van der Waals surface area contributed by atoms with Crippen LogP contribution in [0.4, 0.5) is 10.5 Å². The summed E-state index contributed by atoms with van der Waals surface area (Å²) in [4.78, 5) is 33.5. The monoisotopic (exact) mass is 493 g/mol. The molecule has 0 aliphatic carbocycles. The molecule has 1 aromatic carbocycles. The topological polar surface area (TPSA) is 105 Å². The van der Waals surface area contributed by atoms with Crippen LogP contribution in [0.1, 0.15) is 18.5 Å². The molecular weight excluding hydrogens is 466 g/mol. The average Bonchev–Trinajstić information content (AvgIpc) is 3.50. The molecule has 3 amide bonds. The molecule has 35 heavy (non-hydrogen) atoms. The second-order valence-electron chi connectivity index (χ2n) is 9.12. The van der Waals surface area contributed by atoms with Crippen LogP contribution in [0.15, 0.2) is 53.1 Å². The first kappa shape index (κ1) is 22.4. The first-order valence-corrected chi connectivity index (χ1v) is 12.8. The largest absolute Gasteiger partial charge is 0.439 e. The fourth-order valence-corrected chi connectivity index (χ4v) is 6.65. The number of piperidine rings is 1. The Kier molecular flexibility index (Phi) is 5.87. The van der Waals surface area contributed by atoms with E-state index in [1.54, 1.807) is 6.07 Å². The van der Waals surface area contributed by atoms with Crippen molar-refractivity contribution in [1.29, 1.82) is 0 Å². The van der Waals surface area contributed by atoms with Crippen molar-refractivity contribution in [2.45, 2.75) is 37.2 Å². The molecule has 3 N–H and O–H groups in total. The highest BCUT2D eigenvalue weighted by atomic mass is 32.2. The number of carbonyl (C=O) groups is 2. The molecule has 3 unspecified atom stereocenters. The van der Waals surface area contributed by atoms with Crippen LogP contribution in [0.3, 0.4) is 0 Å². The fraction of sp³-hybridized carbons (Fsp3) is 0.400. The van der Waals surface area contributed by atoms with Gasteiger partial charge in [-0.2, -0.15) is 0 Å². The molecule has 10 heteroatoms. The van der Waals surface area contributed by atoms with Gasteiger partial charge < -0.3 is 25.4 Å². The van der Waals surface area contributed by atoms with E-state index in [-0.39, 0.29) is 35.3 Å². The predicted octanol–water partition coefficient (Wildman–Crippen LogP) is 2.88. The van der Waals surface area contributed by atoms with Crippen molar-refractivity contribution in [3.63, 3.8) is 0 Å². The minimum absolute atomic E-state index is 0.00771. The highest BCUT2D eigenvalue weighted by Crippen LogP contribution is 2.48. The van der Waals surface area contributed by atoms with E-state index < -0.39 is 0 Å². The van der Waals surface area contributed by atoms with E-state index in [9.17, 15) is 9.59 Å². The smallest absolute Gasteiger partial charge is 0.326 e. The van der Waals surface area contributed by atoms with E-state index in [1.807, 2.05) is 48.2 Å². The van der Waals surface area contributed by atoms with E-state index in [0.717, 1.165) is 30.8 Å². The lowest BCUT2D eigenvalue weighted by Crippen LogP contribution is -2.62. The first-order valence-electron chi connectivity index (χ1n) is 11.9. The Morgan fingerprint density at radius 3 is 2.86 bits per heavy atom. The molecule has 6 rings (SSSR count). The van der Waals surface area contributed by atoms with E-state index in [0.29, 0.717) is 35.4 Å². The molecule has 1 aromatic heterocycles. The Labute approximate surface area is 207 Å². The van der Waals surface area contributed by atoms with Gasteiger partial charge in [0.1, 0.15) is 5.75 Å². The molecule has 3 fully saturated rings. The minimum atomic E-state index is -0.236. The van der Waals surface area contributed by atoms with E-state index in [1.165, 1.54) is 11.8 Å². The highest BCUT2D eigenvalue weighted by Gasteiger charge is 2.52. The lowest BCUT2D eigenvalue weighted by molar-refractivity contribution is -0.117. The number of ether oxygens (including phenoxy) is 2. The number of benzene rings is 1. The van der Waals surface area contributed by atoms with E-state index in [2.05, 4.69) is 20.9 Å². The Hall–Kier alpha value is -3.08. The number of anilines is 1. The number of urea groups is 1. The number of nitrogens with zero attached hydrogens (tertiary/aromatic N) is 2. The molecule has 182 valence electrons. The second kappa shape index (κ2) is 9.18. The summed E-state index contributed by atoms with van der Waals surface area (Å²) in [6.07, 6.45) is 1.59. The van der Waals surface area contributed by atoms with Gasteiger partial charge in [-0.3, -0.25) is 9.69 Å². The predicted molar refractivity (Wildman–Crippen MR) is 132 cm³/mol. The van der Waals surface area contributed by atoms with Crippen LogP contribution in [0.5, 0.6) is 11.6 Å². The highest BCUT2D eigenvalue weighted by molar-refractivity contribution is 8.04. The zero-order valence-corrected chi connectivity index (χ0v) is 20.1. The van der Waals surface area contributed by atoms with Gasteiger partial charge in [0.15, 0.2) is 0 Å². The summed E-state index contributed by atoms with van der Waals surface area (Å²) in [5, 5.41) is 9.67. The molecule has 0 spiro atoms. The minimum Gasteiger partial charge on any atom is -0.439 e. The lowest BCUT2D eigenvalue weighted by Gasteiger charge is -2.46.